The molecule has 1 fully saturated rings. The Kier molecular flexibility index (Phi) is 8.49. The van der Waals surface area contributed by atoms with Gasteiger partial charge in [0.05, 0.1) is 11.7 Å². The van der Waals surface area contributed by atoms with Crippen molar-refractivity contribution in [2.75, 3.05) is 25.5 Å². The molecule has 1 aliphatic heterocycles. The summed E-state index contributed by atoms with van der Waals surface area (Å²) in [5.74, 6) is -0.228. The number of hydrogen-bond acceptors (Lipinski definition) is 5. The number of hydrogen-bond donors (Lipinski definition) is 1. The minimum atomic E-state index is -4.73. The monoisotopic (exact) mass is 540 g/mol. The van der Waals surface area contributed by atoms with E-state index in [9.17, 15) is 18.0 Å². The van der Waals surface area contributed by atoms with E-state index >= 15 is 0 Å². The quantitative estimate of drug-likeness (QED) is 0.352. The molecule has 1 N–H and O–H groups in total. The molecule has 2 atom stereocenters. The molecule has 1 aromatic heterocycles. The Bertz CT molecular complexity index is 1230. The van der Waals surface area contributed by atoms with Gasteiger partial charge in [-0.15, -0.1) is 13.2 Å². The number of anilines is 1. The number of nitrogens with one attached hydrogen (secondary N) is 1. The van der Waals surface area contributed by atoms with Crippen LogP contribution in [0.15, 0.2) is 73.1 Å². The van der Waals surface area contributed by atoms with E-state index in [1.165, 1.54) is 17.7 Å². The van der Waals surface area contributed by atoms with Gasteiger partial charge in [-0.1, -0.05) is 57.2 Å². The maximum atomic E-state index is 13.7. The van der Waals surface area contributed by atoms with Gasteiger partial charge in [-0.25, -0.2) is 0 Å². The van der Waals surface area contributed by atoms with Gasteiger partial charge in [0.1, 0.15) is 11.9 Å². The molecular weight excluding hydrogens is 505 g/mol. The number of pyridine rings is 1. The lowest BCUT2D eigenvalue weighted by molar-refractivity contribution is -0.274. The van der Waals surface area contributed by atoms with E-state index in [0.717, 1.165) is 16.8 Å². The number of halogens is 3. The standard InChI is InChI=1S/C30H35F3N4O2/c1-29(2,3)23-11-9-22(10-12-23)27-36(4)26(15-18-35-24-6-5-17-34-20-24)28(38)37(27)19-16-21-7-13-25(14-8-21)39-30(31,32)33/h5-14,17,20,26-27,35H,15-16,18-19H2,1-4H3/t26-,27+/m0/s1. The minimum Gasteiger partial charge on any atom is -0.406 e. The van der Waals surface area contributed by atoms with Crippen molar-refractivity contribution in [1.82, 2.24) is 14.8 Å². The van der Waals surface area contributed by atoms with Gasteiger partial charge in [-0.2, -0.15) is 0 Å². The lowest BCUT2D eigenvalue weighted by atomic mass is 9.86. The van der Waals surface area contributed by atoms with E-state index in [1.54, 1.807) is 24.5 Å². The Morgan fingerprint density at radius 3 is 2.28 bits per heavy atom. The molecule has 1 aliphatic rings. The summed E-state index contributed by atoms with van der Waals surface area (Å²) in [6.45, 7) is 7.53. The van der Waals surface area contributed by atoms with Crippen LogP contribution in [0.1, 0.15) is 50.0 Å². The van der Waals surface area contributed by atoms with E-state index in [0.29, 0.717) is 25.9 Å². The van der Waals surface area contributed by atoms with Crippen LogP contribution in [-0.2, 0) is 16.6 Å². The third-order valence-electron chi connectivity index (χ3n) is 7.02. The Labute approximate surface area is 227 Å². The van der Waals surface area contributed by atoms with Gasteiger partial charge in [-0.05, 0) is 66.3 Å². The minimum absolute atomic E-state index is 0.0120. The van der Waals surface area contributed by atoms with Crippen LogP contribution in [-0.4, -0.2) is 53.2 Å². The fourth-order valence-electron chi connectivity index (χ4n) is 4.93. The molecule has 0 bridgehead atoms. The molecular formula is C30H35F3N4O2. The molecule has 2 heterocycles. The van der Waals surface area contributed by atoms with E-state index < -0.39 is 6.36 Å². The first kappa shape index (κ1) is 28.4. The normalized spacial score (nSPS) is 18.4. The second-order valence-corrected chi connectivity index (χ2v) is 10.9. The molecule has 9 heteroatoms. The lowest BCUT2D eigenvalue weighted by Crippen LogP contribution is -2.33. The Morgan fingerprint density at radius 1 is 1.00 bits per heavy atom. The predicted molar refractivity (Wildman–Crippen MR) is 145 cm³/mol. The van der Waals surface area contributed by atoms with Crippen molar-refractivity contribution in [3.05, 3.63) is 89.7 Å². The van der Waals surface area contributed by atoms with Gasteiger partial charge in [0.15, 0.2) is 0 Å². The highest BCUT2D eigenvalue weighted by Gasteiger charge is 2.44. The molecule has 6 nitrogen and oxygen atoms in total. The van der Waals surface area contributed by atoms with Crippen molar-refractivity contribution in [1.29, 1.82) is 0 Å². The number of benzene rings is 2. The summed E-state index contributed by atoms with van der Waals surface area (Å²) in [6, 6.07) is 17.7. The third kappa shape index (κ3) is 7.29. The lowest BCUT2D eigenvalue weighted by Gasteiger charge is -2.30. The average Bonchev–Trinajstić information content (AvgIpc) is 3.12. The van der Waals surface area contributed by atoms with Crippen LogP contribution >= 0.6 is 0 Å². The first-order valence-electron chi connectivity index (χ1n) is 13.0. The van der Waals surface area contributed by atoms with Gasteiger partial charge in [-0.3, -0.25) is 14.7 Å². The topological polar surface area (TPSA) is 57.7 Å². The molecule has 39 heavy (non-hydrogen) atoms. The van der Waals surface area contributed by atoms with Gasteiger partial charge in [0, 0.05) is 25.5 Å². The zero-order valence-electron chi connectivity index (χ0n) is 22.7. The molecule has 2 aromatic carbocycles. The second kappa shape index (κ2) is 11.7. The van der Waals surface area contributed by atoms with Crippen LogP contribution in [0.3, 0.4) is 0 Å². The summed E-state index contributed by atoms with van der Waals surface area (Å²) in [4.78, 5) is 21.8. The van der Waals surface area contributed by atoms with Crippen LogP contribution in [0, 0.1) is 0 Å². The summed E-state index contributed by atoms with van der Waals surface area (Å²) >= 11 is 0. The highest BCUT2D eigenvalue weighted by Crippen LogP contribution is 2.36. The summed E-state index contributed by atoms with van der Waals surface area (Å²) in [7, 11) is 1.97. The van der Waals surface area contributed by atoms with Crippen LogP contribution in [0.25, 0.3) is 0 Å². The maximum absolute atomic E-state index is 13.7. The summed E-state index contributed by atoms with van der Waals surface area (Å²) in [5, 5.41) is 3.33. The zero-order chi connectivity index (χ0) is 28.2. The number of nitrogens with zero attached hydrogens (tertiary/aromatic N) is 3. The van der Waals surface area contributed by atoms with E-state index in [2.05, 4.69) is 65.0 Å². The van der Waals surface area contributed by atoms with Crippen molar-refractivity contribution in [3.8, 4) is 5.75 Å². The van der Waals surface area contributed by atoms with Crippen LogP contribution in [0.2, 0.25) is 0 Å². The number of carbonyl (C=O) groups excluding carboxylic acids is 1. The van der Waals surface area contributed by atoms with Crippen molar-refractivity contribution < 1.29 is 22.7 Å². The summed E-state index contributed by atoms with van der Waals surface area (Å²) in [5.41, 5.74) is 3.97. The third-order valence-corrected chi connectivity index (χ3v) is 7.02. The number of alkyl halides is 3. The van der Waals surface area contributed by atoms with Gasteiger partial charge in [0.2, 0.25) is 5.91 Å². The van der Waals surface area contributed by atoms with Gasteiger partial charge >= 0.3 is 6.36 Å². The average molecular weight is 541 g/mol. The first-order valence-corrected chi connectivity index (χ1v) is 13.0. The predicted octanol–water partition coefficient (Wildman–Crippen LogP) is 6.16. The van der Waals surface area contributed by atoms with Crippen LogP contribution in [0.4, 0.5) is 18.9 Å². The molecule has 0 unspecified atom stereocenters. The van der Waals surface area contributed by atoms with Crippen LogP contribution < -0.4 is 10.1 Å². The highest BCUT2D eigenvalue weighted by molar-refractivity contribution is 5.84. The van der Waals surface area contributed by atoms with E-state index in [1.807, 2.05) is 24.1 Å². The smallest absolute Gasteiger partial charge is 0.406 e. The van der Waals surface area contributed by atoms with E-state index in [4.69, 9.17) is 0 Å². The fourth-order valence-corrected chi connectivity index (χ4v) is 4.93. The number of likely N-dealkylation sites (N-methyl/N-ethyl adjacent to an activating group) is 1. The SMILES string of the molecule is CN1[C@@H](CCNc2cccnc2)C(=O)N(CCc2ccc(OC(F)(F)F)cc2)[C@@H]1c1ccc(C(C)(C)C)cc1. The first-order chi connectivity index (χ1) is 18.4. The highest BCUT2D eigenvalue weighted by atomic mass is 19.4. The molecule has 208 valence electrons. The Hall–Kier alpha value is -3.59. The van der Waals surface area contributed by atoms with Gasteiger partial charge < -0.3 is 15.0 Å². The number of aromatic nitrogens is 1. The van der Waals surface area contributed by atoms with Crippen molar-refractivity contribution in [2.45, 2.75) is 57.6 Å². The molecule has 1 saturated heterocycles. The largest absolute Gasteiger partial charge is 0.573 e. The zero-order valence-corrected chi connectivity index (χ0v) is 22.7. The molecule has 4 rings (SSSR count). The molecule has 0 aliphatic carbocycles. The number of ether oxygens (including phenoxy) is 1. The molecule has 0 radical (unpaired) electrons. The summed E-state index contributed by atoms with van der Waals surface area (Å²) in [6.07, 6.45) is -0.405. The summed E-state index contributed by atoms with van der Waals surface area (Å²) < 4.78 is 41.5. The molecule has 0 saturated carbocycles. The molecule has 1 amide bonds. The number of amides is 1. The van der Waals surface area contributed by atoms with Crippen LogP contribution in [0.5, 0.6) is 5.75 Å². The van der Waals surface area contributed by atoms with Crippen molar-refractivity contribution in [3.63, 3.8) is 0 Å². The maximum Gasteiger partial charge on any atom is 0.573 e. The number of carbonyl (C=O) groups is 1. The van der Waals surface area contributed by atoms with Crippen molar-refractivity contribution in [2.24, 2.45) is 0 Å². The van der Waals surface area contributed by atoms with Gasteiger partial charge in [0.25, 0.3) is 0 Å². The molecule has 3 aromatic rings. The van der Waals surface area contributed by atoms with E-state index in [-0.39, 0.29) is 29.3 Å². The Morgan fingerprint density at radius 2 is 1.69 bits per heavy atom. The van der Waals surface area contributed by atoms with Crippen molar-refractivity contribution >= 4 is 11.6 Å². The Balaban J connectivity index is 1.51. The molecule has 0 spiro atoms. The second-order valence-electron chi connectivity index (χ2n) is 10.9. The number of rotatable bonds is 9. The fraction of sp³-hybridized carbons (Fsp3) is 0.400.